The molecule has 1 heterocycles. The van der Waals surface area contributed by atoms with Crippen molar-refractivity contribution in [3.8, 4) is 0 Å². The molecule has 2 N–H and O–H groups in total. The monoisotopic (exact) mass is 317 g/mol. The van der Waals surface area contributed by atoms with Crippen molar-refractivity contribution in [1.29, 1.82) is 0 Å². The number of nitrogens with one attached hydrogen (secondary N) is 2. The average molecular weight is 317 g/mol. The molecule has 2 amide bonds. The molecule has 0 saturated carbocycles. The largest absolute Gasteiger partial charge is 0.358 e. The van der Waals surface area contributed by atoms with Gasteiger partial charge in [0.15, 0.2) is 0 Å². The third-order valence-electron chi connectivity index (χ3n) is 4.32. The van der Waals surface area contributed by atoms with E-state index in [1.165, 1.54) is 0 Å². The molecule has 1 unspecified atom stereocenters. The molecule has 0 bridgehead atoms. The van der Waals surface area contributed by atoms with Crippen LogP contribution in [0.1, 0.15) is 32.3 Å². The molecule has 1 aliphatic heterocycles. The van der Waals surface area contributed by atoms with Crippen LogP contribution in [0.25, 0.3) is 0 Å². The molecular formula is C18H27N3O2. The fraction of sp³-hybridized carbons (Fsp3) is 0.556. The van der Waals surface area contributed by atoms with Crippen LogP contribution in [0.5, 0.6) is 0 Å². The summed E-state index contributed by atoms with van der Waals surface area (Å²) in [5.41, 5.74) is 1.13. The Morgan fingerprint density at radius 3 is 2.61 bits per heavy atom. The van der Waals surface area contributed by atoms with Gasteiger partial charge in [0.25, 0.3) is 0 Å². The van der Waals surface area contributed by atoms with E-state index in [-0.39, 0.29) is 29.8 Å². The summed E-state index contributed by atoms with van der Waals surface area (Å²) in [6, 6.07) is 9.39. The molecule has 1 aromatic rings. The molecule has 0 aromatic heterocycles. The van der Waals surface area contributed by atoms with Gasteiger partial charge in [-0.15, -0.1) is 0 Å². The topological polar surface area (TPSA) is 61.4 Å². The van der Waals surface area contributed by atoms with Crippen molar-refractivity contribution >= 4 is 11.8 Å². The molecule has 2 atom stereocenters. The third-order valence-corrected chi connectivity index (χ3v) is 4.32. The summed E-state index contributed by atoms with van der Waals surface area (Å²) >= 11 is 0. The van der Waals surface area contributed by atoms with E-state index in [4.69, 9.17) is 0 Å². The molecule has 0 radical (unpaired) electrons. The van der Waals surface area contributed by atoms with Crippen molar-refractivity contribution in [2.75, 3.05) is 13.6 Å². The predicted molar refractivity (Wildman–Crippen MR) is 90.7 cm³/mol. The summed E-state index contributed by atoms with van der Waals surface area (Å²) in [6.07, 6.45) is 1.74. The lowest BCUT2D eigenvalue weighted by atomic mass is 9.98. The van der Waals surface area contributed by atoms with E-state index < -0.39 is 0 Å². The van der Waals surface area contributed by atoms with Gasteiger partial charge in [-0.25, -0.2) is 0 Å². The molecule has 1 fully saturated rings. The highest BCUT2D eigenvalue weighted by Crippen LogP contribution is 2.17. The number of carbonyl (C=O) groups is 2. The third kappa shape index (κ3) is 4.55. The molecule has 1 aromatic carbocycles. The Morgan fingerprint density at radius 1 is 1.30 bits per heavy atom. The van der Waals surface area contributed by atoms with Gasteiger partial charge in [0.2, 0.25) is 11.8 Å². The Morgan fingerprint density at radius 2 is 2.00 bits per heavy atom. The highest BCUT2D eigenvalue weighted by atomic mass is 16.2. The number of amides is 2. The number of likely N-dealkylation sites (N-methyl/N-ethyl adjacent to an activating group) is 1. The van der Waals surface area contributed by atoms with Crippen LogP contribution in [0, 0.1) is 5.92 Å². The number of carbonyl (C=O) groups excluding carboxylic acids is 2. The van der Waals surface area contributed by atoms with Crippen LogP contribution in [0.15, 0.2) is 30.3 Å². The lowest BCUT2D eigenvalue weighted by Gasteiger charge is -2.35. The molecule has 0 aliphatic carbocycles. The van der Waals surface area contributed by atoms with Gasteiger partial charge in [-0.2, -0.15) is 0 Å². The van der Waals surface area contributed by atoms with Crippen molar-refractivity contribution in [3.05, 3.63) is 35.9 Å². The Balaban J connectivity index is 2.02. The van der Waals surface area contributed by atoms with E-state index in [0.29, 0.717) is 6.54 Å². The van der Waals surface area contributed by atoms with Crippen molar-refractivity contribution in [1.82, 2.24) is 15.5 Å². The summed E-state index contributed by atoms with van der Waals surface area (Å²) in [5.74, 6) is 0.162. The first-order valence-electron chi connectivity index (χ1n) is 8.33. The number of piperidine rings is 1. The number of hydrogen-bond acceptors (Lipinski definition) is 3. The van der Waals surface area contributed by atoms with Crippen molar-refractivity contribution in [2.45, 2.75) is 45.3 Å². The lowest BCUT2D eigenvalue weighted by molar-refractivity contribution is -0.137. The van der Waals surface area contributed by atoms with E-state index in [9.17, 15) is 9.59 Å². The molecule has 1 saturated heterocycles. The zero-order valence-electron chi connectivity index (χ0n) is 14.2. The molecular weight excluding hydrogens is 290 g/mol. The van der Waals surface area contributed by atoms with Gasteiger partial charge in [0.05, 0.1) is 12.1 Å². The first kappa shape index (κ1) is 17.5. The Labute approximate surface area is 138 Å². The predicted octanol–water partition coefficient (Wildman–Crippen LogP) is 1.54. The molecule has 1 aliphatic rings. The number of hydrogen-bond donors (Lipinski definition) is 2. The van der Waals surface area contributed by atoms with Crippen LogP contribution in [0.3, 0.4) is 0 Å². The highest BCUT2D eigenvalue weighted by Gasteiger charge is 2.33. The molecule has 5 heteroatoms. The van der Waals surface area contributed by atoms with Crippen molar-refractivity contribution in [3.63, 3.8) is 0 Å². The van der Waals surface area contributed by atoms with Gasteiger partial charge in [0, 0.05) is 20.1 Å². The quantitative estimate of drug-likeness (QED) is 0.836. The normalized spacial score (nSPS) is 19.7. The van der Waals surface area contributed by atoms with Crippen LogP contribution in [0.2, 0.25) is 0 Å². The van der Waals surface area contributed by atoms with Gasteiger partial charge in [-0.1, -0.05) is 44.2 Å². The van der Waals surface area contributed by atoms with E-state index in [1.807, 2.05) is 49.1 Å². The zero-order valence-corrected chi connectivity index (χ0v) is 14.2. The Bertz CT molecular complexity index is 530. The minimum atomic E-state index is -0.342. The minimum absolute atomic E-state index is 0.0621. The molecule has 0 spiro atoms. The molecule has 2 rings (SSSR count). The molecule has 23 heavy (non-hydrogen) atoms. The molecule has 126 valence electrons. The summed E-state index contributed by atoms with van der Waals surface area (Å²) in [6.45, 7) is 5.38. The van der Waals surface area contributed by atoms with Crippen LogP contribution < -0.4 is 10.6 Å². The lowest BCUT2D eigenvalue weighted by Crippen LogP contribution is -2.57. The second-order valence-corrected chi connectivity index (χ2v) is 6.44. The Kier molecular flexibility index (Phi) is 6.16. The second-order valence-electron chi connectivity index (χ2n) is 6.44. The zero-order chi connectivity index (χ0) is 16.8. The van der Waals surface area contributed by atoms with E-state index in [0.717, 1.165) is 24.9 Å². The maximum atomic E-state index is 12.7. The highest BCUT2D eigenvalue weighted by molar-refractivity contribution is 5.85. The fourth-order valence-electron chi connectivity index (χ4n) is 3.00. The first-order valence-corrected chi connectivity index (χ1v) is 8.33. The van der Waals surface area contributed by atoms with Crippen LogP contribution in [0.4, 0.5) is 0 Å². The van der Waals surface area contributed by atoms with Crippen LogP contribution >= 0.6 is 0 Å². The summed E-state index contributed by atoms with van der Waals surface area (Å²) in [5, 5.41) is 5.94. The van der Waals surface area contributed by atoms with Gasteiger partial charge in [-0.05, 0) is 24.3 Å². The standard InChI is InChI=1S/C18H27N3O2/c1-13(2)16(17(22)19-3)20-15-10-7-11-21(18(15)23)12-14-8-5-4-6-9-14/h4-6,8-9,13,15-16,20H,7,10-12H2,1-3H3,(H,19,22)/t15?,16-/m0/s1. The maximum Gasteiger partial charge on any atom is 0.240 e. The van der Waals surface area contributed by atoms with E-state index in [2.05, 4.69) is 10.6 Å². The van der Waals surface area contributed by atoms with Crippen molar-refractivity contribution in [2.24, 2.45) is 5.92 Å². The van der Waals surface area contributed by atoms with Gasteiger partial charge < -0.3 is 10.2 Å². The van der Waals surface area contributed by atoms with Gasteiger partial charge in [0.1, 0.15) is 0 Å². The van der Waals surface area contributed by atoms with Gasteiger partial charge in [-0.3, -0.25) is 14.9 Å². The second kappa shape index (κ2) is 8.11. The van der Waals surface area contributed by atoms with Gasteiger partial charge >= 0.3 is 0 Å². The minimum Gasteiger partial charge on any atom is -0.358 e. The Hall–Kier alpha value is -1.88. The number of rotatable bonds is 6. The van der Waals surface area contributed by atoms with E-state index >= 15 is 0 Å². The molecule has 5 nitrogen and oxygen atoms in total. The SMILES string of the molecule is CNC(=O)[C@@H](NC1CCCN(Cc2ccccc2)C1=O)C(C)C. The van der Waals surface area contributed by atoms with Crippen LogP contribution in [-0.4, -0.2) is 42.4 Å². The smallest absolute Gasteiger partial charge is 0.240 e. The number of likely N-dealkylation sites (tertiary alicyclic amines) is 1. The fourth-order valence-corrected chi connectivity index (χ4v) is 3.00. The summed E-state index contributed by atoms with van der Waals surface area (Å²) in [7, 11) is 1.63. The van der Waals surface area contributed by atoms with Crippen molar-refractivity contribution < 1.29 is 9.59 Å². The average Bonchev–Trinajstić information content (AvgIpc) is 2.55. The first-order chi connectivity index (χ1) is 11.0. The van der Waals surface area contributed by atoms with E-state index in [1.54, 1.807) is 7.05 Å². The summed E-state index contributed by atoms with van der Waals surface area (Å²) in [4.78, 5) is 26.6. The summed E-state index contributed by atoms with van der Waals surface area (Å²) < 4.78 is 0. The van der Waals surface area contributed by atoms with Crippen LogP contribution in [-0.2, 0) is 16.1 Å². The number of nitrogens with zero attached hydrogens (tertiary/aromatic N) is 1. The number of benzene rings is 1. The maximum absolute atomic E-state index is 12.7.